The van der Waals surface area contributed by atoms with E-state index in [1.807, 2.05) is 48.6 Å². The molecule has 0 aliphatic carbocycles. The lowest BCUT2D eigenvalue weighted by atomic mass is 10.1. The van der Waals surface area contributed by atoms with Crippen molar-refractivity contribution in [1.82, 2.24) is 24.9 Å². The molecule has 0 aliphatic heterocycles. The summed E-state index contributed by atoms with van der Waals surface area (Å²) in [7, 11) is 0. The third-order valence-electron chi connectivity index (χ3n) is 3.64. The normalized spacial score (nSPS) is 11.0. The van der Waals surface area contributed by atoms with Gasteiger partial charge in [-0.15, -0.1) is 10.2 Å². The molecule has 8 heteroatoms. The van der Waals surface area contributed by atoms with E-state index in [9.17, 15) is 4.79 Å². The van der Waals surface area contributed by atoms with Crippen molar-refractivity contribution in [2.24, 2.45) is 0 Å². The standard InChI is InChI=1S/C17H18ClN5OS/c1-11-9-12(2)23-16(20-11)21-22-17(23)25-10-15(24)19-8-7-13-3-5-14(18)6-4-13/h3-6,9H,7-8,10H2,1-2H3,(H,19,24). The molecule has 2 heterocycles. The average molecular weight is 376 g/mol. The van der Waals surface area contributed by atoms with E-state index in [4.69, 9.17) is 11.6 Å². The summed E-state index contributed by atoms with van der Waals surface area (Å²) in [6.07, 6.45) is 0.768. The first-order valence-electron chi connectivity index (χ1n) is 7.86. The van der Waals surface area contributed by atoms with Gasteiger partial charge in [0, 0.05) is 23.0 Å². The van der Waals surface area contributed by atoms with Gasteiger partial charge in [-0.2, -0.15) is 0 Å². The molecule has 3 rings (SSSR count). The maximum Gasteiger partial charge on any atom is 0.256 e. The van der Waals surface area contributed by atoms with Gasteiger partial charge in [0.1, 0.15) is 0 Å². The van der Waals surface area contributed by atoms with E-state index in [2.05, 4.69) is 20.5 Å². The monoisotopic (exact) mass is 375 g/mol. The van der Waals surface area contributed by atoms with E-state index < -0.39 is 0 Å². The minimum atomic E-state index is -0.0339. The number of hydrogen-bond acceptors (Lipinski definition) is 5. The smallest absolute Gasteiger partial charge is 0.256 e. The van der Waals surface area contributed by atoms with Crippen molar-refractivity contribution in [1.29, 1.82) is 0 Å². The van der Waals surface area contributed by atoms with E-state index in [1.165, 1.54) is 11.8 Å². The molecule has 3 aromatic rings. The Kier molecular flexibility index (Phi) is 5.55. The zero-order valence-electron chi connectivity index (χ0n) is 14.0. The molecule has 0 spiro atoms. The first kappa shape index (κ1) is 17.7. The molecule has 0 atom stereocenters. The lowest BCUT2D eigenvalue weighted by molar-refractivity contribution is -0.118. The topological polar surface area (TPSA) is 72.2 Å². The summed E-state index contributed by atoms with van der Waals surface area (Å²) in [5.74, 6) is 0.811. The molecule has 1 amide bonds. The number of nitrogens with zero attached hydrogens (tertiary/aromatic N) is 4. The zero-order chi connectivity index (χ0) is 17.8. The van der Waals surface area contributed by atoms with Gasteiger partial charge in [0.2, 0.25) is 5.91 Å². The number of fused-ring (bicyclic) bond motifs is 1. The lowest BCUT2D eigenvalue weighted by Crippen LogP contribution is -2.27. The van der Waals surface area contributed by atoms with Crippen molar-refractivity contribution in [3.63, 3.8) is 0 Å². The predicted octanol–water partition coefficient (Wildman–Crippen LogP) is 2.85. The first-order chi connectivity index (χ1) is 12.0. The van der Waals surface area contributed by atoms with E-state index >= 15 is 0 Å². The molecular formula is C17H18ClN5OS. The fraction of sp³-hybridized carbons (Fsp3) is 0.294. The molecule has 1 N–H and O–H groups in total. The van der Waals surface area contributed by atoms with Crippen LogP contribution in [0.4, 0.5) is 0 Å². The Balaban J connectivity index is 1.51. The van der Waals surface area contributed by atoms with Crippen molar-refractivity contribution in [3.8, 4) is 0 Å². The molecule has 0 unspecified atom stereocenters. The highest BCUT2D eigenvalue weighted by Crippen LogP contribution is 2.18. The molecule has 130 valence electrons. The maximum atomic E-state index is 12.0. The fourth-order valence-corrected chi connectivity index (χ4v) is 3.41. The maximum absolute atomic E-state index is 12.0. The molecular weight excluding hydrogens is 358 g/mol. The van der Waals surface area contributed by atoms with Crippen LogP contribution >= 0.6 is 23.4 Å². The molecule has 0 radical (unpaired) electrons. The Bertz CT molecular complexity index is 894. The van der Waals surface area contributed by atoms with Gasteiger partial charge in [-0.1, -0.05) is 35.5 Å². The first-order valence-corrected chi connectivity index (χ1v) is 9.22. The van der Waals surface area contributed by atoms with Gasteiger partial charge < -0.3 is 5.32 Å². The molecule has 6 nitrogen and oxygen atoms in total. The number of carbonyl (C=O) groups excluding carboxylic acids is 1. The largest absolute Gasteiger partial charge is 0.355 e. The number of nitrogens with one attached hydrogen (secondary N) is 1. The Morgan fingerprint density at radius 2 is 2.00 bits per heavy atom. The highest BCUT2D eigenvalue weighted by Gasteiger charge is 2.12. The minimum absolute atomic E-state index is 0.0339. The van der Waals surface area contributed by atoms with Crippen molar-refractivity contribution in [2.75, 3.05) is 12.3 Å². The van der Waals surface area contributed by atoms with Crippen LogP contribution in [-0.2, 0) is 11.2 Å². The van der Waals surface area contributed by atoms with Gasteiger partial charge in [0.25, 0.3) is 5.78 Å². The molecule has 1 aromatic carbocycles. The summed E-state index contributed by atoms with van der Waals surface area (Å²) in [6, 6.07) is 9.59. The highest BCUT2D eigenvalue weighted by molar-refractivity contribution is 7.99. The van der Waals surface area contributed by atoms with Crippen LogP contribution in [0.2, 0.25) is 5.02 Å². The number of thioether (sulfide) groups is 1. The Hall–Kier alpha value is -2.12. The SMILES string of the molecule is Cc1cc(C)n2c(SCC(=O)NCCc3ccc(Cl)cc3)nnc2n1. The van der Waals surface area contributed by atoms with E-state index in [0.29, 0.717) is 22.5 Å². The number of hydrogen-bond donors (Lipinski definition) is 1. The summed E-state index contributed by atoms with van der Waals surface area (Å²) in [5, 5.41) is 12.5. The van der Waals surface area contributed by atoms with Crippen molar-refractivity contribution in [2.45, 2.75) is 25.4 Å². The van der Waals surface area contributed by atoms with E-state index in [0.717, 1.165) is 23.4 Å². The third kappa shape index (κ3) is 4.49. The highest BCUT2D eigenvalue weighted by atomic mass is 35.5. The van der Waals surface area contributed by atoms with Gasteiger partial charge in [0.05, 0.1) is 5.75 Å². The van der Waals surface area contributed by atoms with Gasteiger partial charge >= 0.3 is 0 Å². The second kappa shape index (κ2) is 7.84. The van der Waals surface area contributed by atoms with Crippen LogP contribution in [0, 0.1) is 13.8 Å². The summed E-state index contributed by atoms with van der Waals surface area (Å²) >= 11 is 7.21. The van der Waals surface area contributed by atoms with Gasteiger partial charge in [-0.25, -0.2) is 4.98 Å². The second-order valence-corrected chi connectivity index (χ2v) is 7.05. The number of benzene rings is 1. The zero-order valence-corrected chi connectivity index (χ0v) is 15.6. The van der Waals surface area contributed by atoms with Crippen LogP contribution in [0.15, 0.2) is 35.5 Å². The number of aromatic nitrogens is 4. The summed E-state index contributed by atoms with van der Waals surface area (Å²) in [5.41, 5.74) is 3.03. The van der Waals surface area contributed by atoms with Gasteiger partial charge in [0.15, 0.2) is 5.16 Å². The van der Waals surface area contributed by atoms with Crippen LogP contribution in [0.5, 0.6) is 0 Å². The molecule has 2 aromatic heterocycles. The Morgan fingerprint density at radius 3 is 2.76 bits per heavy atom. The lowest BCUT2D eigenvalue weighted by Gasteiger charge is -2.06. The minimum Gasteiger partial charge on any atom is -0.355 e. The molecule has 25 heavy (non-hydrogen) atoms. The van der Waals surface area contributed by atoms with Crippen molar-refractivity contribution < 1.29 is 4.79 Å². The number of amides is 1. The molecule has 0 bridgehead atoms. The van der Waals surface area contributed by atoms with Gasteiger partial charge in [-0.3, -0.25) is 9.20 Å². The van der Waals surface area contributed by atoms with Crippen molar-refractivity contribution in [3.05, 3.63) is 52.3 Å². The summed E-state index contributed by atoms with van der Waals surface area (Å²) in [6.45, 7) is 4.48. The number of rotatable bonds is 6. The third-order valence-corrected chi connectivity index (χ3v) is 4.83. The quantitative estimate of drug-likeness (QED) is 0.671. The second-order valence-electron chi connectivity index (χ2n) is 5.67. The number of carbonyl (C=O) groups is 1. The van der Waals surface area contributed by atoms with Crippen LogP contribution in [0.3, 0.4) is 0 Å². The van der Waals surface area contributed by atoms with Crippen molar-refractivity contribution >= 4 is 35.0 Å². The Morgan fingerprint density at radius 1 is 1.24 bits per heavy atom. The predicted molar refractivity (Wildman–Crippen MR) is 99.1 cm³/mol. The summed E-state index contributed by atoms with van der Waals surface area (Å²) < 4.78 is 1.86. The van der Waals surface area contributed by atoms with E-state index in [-0.39, 0.29) is 11.7 Å². The van der Waals surface area contributed by atoms with E-state index in [1.54, 1.807) is 0 Å². The number of halogens is 1. The molecule has 0 aliphatic rings. The van der Waals surface area contributed by atoms with Crippen LogP contribution in [-0.4, -0.2) is 37.8 Å². The average Bonchev–Trinajstić information content (AvgIpc) is 2.98. The number of aryl methyl sites for hydroxylation is 2. The fourth-order valence-electron chi connectivity index (χ4n) is 2.47. The molecule has 0 fully saturated rings. The summed E-state index contributed by atoms with van der Waals surface area (Å²) in [4.78, 5) is 16.4. The van der Waals surface area contributed by atoms with Crippen LogP contribution in [0.1, 0.15) is 17.0 Å². The van der Waals surface area contributed by atoms with Crippen LogP contribution < -0.4 is 5.32 Å². The molecule has 0 saturated carbocycles. The van der Waals surface area contributed by atoms with Crippen LogP contribution in [0.25, 0.3) is 5.78 Å². The molecule has 0 saturated heterocycles. The Labute approximate surface area is 155 Å². The van der Waals surface area contributed by atoms with Gasteiger partial charge in [-0.05, 0) is 44.0 Å².